The lowest BCUT2D eigenvalue weighted by molar-refractivity contribution is -0.382. The third-order valence-electron chi connectivity index (χ3n) is 7.49. The number of hydrogen-bond acceptors (Lipinski definition) is 12. The van der Waals surface area contributed by atoms with Crippen LogP contribution in [0.3, 0.4) is 0 Å². The highest BCUT2D eigenvalue weighted by molar-refractivity contribution is 8.33. The molecule has 0 fully saturated rings. The zero-order chi connectivity index (χ0) is 41.2. The minimum atomic E-state index is -7.81. The molecule has 0 radical (unpaired) electrons. The molecule has 0 bridgehead atoms. The van der Waals surface area contributed by atoms with E-state index in [-0.39, 0.29) is 17.2 Å². The molecule has 23 heteroatoms. The van der Waals surface area contributed by atoms with Gasteiger partial charge in [-0.05, 0) is 10.3 Å². The summed E-state index contributed by atoms with van der Waals surface area (Å²) in [6.45, 7) is 0. The van der Waals surface area contributed by atoms with Crippen molar-refractivity contribution in [2.24, 2.45) is 0 Å². The molecule has 3 aromatic carbocycles. The molecule has 0 amide bonds. The molecule has 3 rings (SSSR count). The number of methoxy groups -OCH3 is 9. The standard InChI is InChI=1S/C31H33F9O12S2/c1-43-16-10-19(46-4)25(20(11-16)47-5)53(26-21(48-6)12-17(44-2)13-22(26)49-7,27-23(50-8)14-18(45-3)15-24(27)51-9)52-54(41,42)31(39,40)29(34,35)28(32,33)30(36,37)38/h10-15H,1-9H3. The van der Waals surface area contributed by atoms with Crippen LogP contribution >= 0.6 is 10.3 Å². The molecule has 304 valence electrons. The van der Waals surface area contributed by atoms with Crippen LogP contribution in [0.15, 0.2) is 51.1 Å². The van der Waals surface area contributed by atoms with Crippen molar-refractivity contribution in [3.05, 3.63) is 36.4 Å². The lowest BCUT2D eigenvalue weighted by Gasteiger charge is -2.43. The van der Waals surface area contributed by atoms with Gasteiger partial charge in [0.05, 0.1) is 64.0 Å². The molecule has 0 spiro atoms. The summed E-state index contributed by atoms with van der Waals surface area (Å²) in [5, 5.41) is -7.38. The van der Waals surface area contributed by atoms with E-state index >= 15 is 17.6 Å². The molecule has 0 saturated heterocycles. The Labute approximate surface area is 304 Å². The second kappa shape index (κ2) is 15.7. The van der Waals surface area contributed by atoms with Gasteiger partial charge in [0.15, 0.2) is 0 Å². The van der Waals surface area contributed by atoms with Crippen molar-refractivity contribution in [1.82, 2.24) is 0 Å². The van der Waals surface area contributed by atoms with Crippen molar-refractivity contribution in [2.75, 3.05) is 64.0 Å². The topological polar surface area (TPSA) is 126 Å². The summed E-state index contributed by atoms with van der Waals surface area (Å²) in [5.41, 5.74) is 0. The molecule has 0 aromatic heterocycles. The van der Waals surface area contributed by atoms with Crippen LogP contribution in [0.2, 0.25) is 0 Å². The van der Waals surface area contributed by atoms with E-state index < -0.39 is 92.9 Å². The summed E-state index contributed by atoms with van der Waals surface area (Å²) in [7, 11) is -3.74. The van der Waals surface area contributed by atoms with E-state index in [9.17, 15) is 30.4 Å². The molecule has 0 N–H and O–H groups in total. The first kappa shape index (κ1) is 43.9. The van der Waals surface area contributed by atoms with E-state index in [1.807, 2.05) is 0 Å². The zero-order valence-corrected chi connectivity index (χ0v) is 31.2. The maximum atomic E-state index is 15.9. The average molecular weight is 833 g/mol. The first-order chi connectivity index (χ1) is 25.0. The van der Waals surface area contributed by atoms with Crippen LogP contribution in [-0.4, -0.2) is 95.7 Å². The minimum Gasteiger partial charge on any atom is -0.496 e. The smallest absolute Gasteiger partial charge is 0.460 e. The largest absolute Gasteiger partial charge is 0.496 e. The van der Waals surface area contributed by atoms with E-state index in [0.717, 1.165) is 100 Å². The van der Waals surface area contributed by atoms with E-state index in [0.29, 0.717) is 0 Å². The van der Waals surface area contributed by atoms with Gasteiger partial charge in [0, 0.05) is 36.4 Å². The molecular formula is C31H33F9O12S2. The third kappa shape index (κ3) is 6.95. The van der Waals surface area contributed by atoms with E-state index in [2.05, 4.69) is 0 Å². The molecule has 0 saturated carbocycles. The van der Waals surface area contributed by atoms with Crippen LogP contribution in [0.25, 0.3) is 0 Å². The van der Waals surface area contributed by atoms with Gasteiger partial charge in [-0.15, -0.1) is 0 Å². The van der Waals surface area contributed by atoms with Crippen LogP contribution in [0, 0.1) is 0 Å². The van der Waals surface area contributed by atoms with Crippen molar-refractivity contribution in [2.45, 2.75) is 38.0 Å². The van der Waals surface area contributed by atoms with Gasteiger partial charge in [-0.3, -0.25) is 0 Å². The van der Waals surface area contributed by atoms with Crippen LogP contribution in [0.5, 0.6) is 51.7 Å². The maximum Gasteiger partial charge on any atom is 0.460 e. The van der Waals surface area contributed by atoms with E-state index in [4.69, 9.17) is 46.3 Å². The van der Waals surface area contributed by atoms with E-state index in [1.54, 1.807) is 0 Å². The molecule has 0 aliphatic heterocycles. The summed E-state index contributed by atoms with van der Waals surface area (Å²) >= 11 is 0. The lowest BCUT2D eigenvalue weighted by Crippen LogP contribution is -2.63. The number of halogens is 9. The highest BCUT2D eigenvalue weighted by Gasteiger charge is 2.86. The normalized spacial score (nSPS) is 13.1. The zero-order valence-electron chi connectivity index (χ0n) is 29.6. The maximum absolute atomic E-state index is 15.9. The summed E-state index contributed by atoms with van der Waals surface area (Å²) in [6.07, 6.45) is -7.40. The van der Waals surface area contributed by atoms with Gasteiger partial charge in [0.25, 0.3) is 0 Å². The summed E-state index contributed by atoms with van der Waals surface area (Å²) in [5.74, 6) is -19.3. The Hall–Kier alpha value is -4.51. The number of hydrogen-bond donors (Lipinski definition) is 0. The second-order valence-corrected chi connectivity index (χ2v) is 14.6. The molecule has 0 atom stereocenters. The van der Waals surface area contributed by atoms with Gasteiger partial charge >= 0.3 is 33.4 Å². The fourth-order valence-corrected chi connectivity index (χ4v) is 10.7. The van der Waals surface area contributed by atoms with Crippen molar-refractivity contribution < 1.29 is 94.2 Å². The number of rotatable bonds is 17. The molecule has 0 aliphatic rings. The Morgan fingerprint density at radius 3 is 0.833 bits per heavy atom. The average Bonchev–Trinajstić information content (AvgIpc) is 3.14. The fourth-order valence-electron chi connectivity index (χ4n) is 4.87. The predicted octanol–water partition coefficient (Wildman–Crippen LogP) is 7.73. The molecular weight excluding hydrogens is 799 g/mol. The van der Waals surface area contributed by atoms with Gasteiger partial charge in [-0.25, -0.2) is 3.63 Å². The summed E-state index contributed by atoms with van der Waals surface area (Å²) < 4.78 is 212. The Kier molecular flexibility index (Phi) is 12.8. The Morgan fingerprint density at radius 2 is 0.648 bits per heavy atom. The van der Waals surface area contributed by atoms with Crippen LogP contribution < -0.4 is 42.6 Å². The van der Waals surface area contributed by atoms with Gasteiger partial charge in [-0.2, -0.15) is 47.9 Å². The van der Waals surface area contributed by atoms with Crippen LogP contribution in [-0.2, 0) is 13.7 Å². The highest BCUT2D eigenvalue weighted by atomic mass is 32.3. The van der Waals surface area contributed by atoms with Gasteiger partial charge < -0.3 is 42.6 Å². The highest BCUT2D eigenvalue weighted by Crippen LogP contribution is 2.81. The quantitative estimate of drug-likeness (QED) is 0.124. The molecule has 12 nitrogen and oxygen atoms in total. The van der Waals surface area contributed by atoms with Crippen molar-refractivity contribution in [3.8, 4) is 51.7 Å². The fraction of sp³-hybridized carbons (Fsp3) is 0.419. The third-order valence-corrected chi connectivity index (χ3v) is 12.8. The summed E-state index contributed by atoms with van der Waals surface area (Å²) in [6, 6.07) is 6.11. The van der Waals surface area contributed by atoms with Gasteiger partial charge in [-0.1, -0.05) is 0 Å². The number of alkyl halides is 9. The SMILES string of the molecule is COc1cc(OC)c(S(OS(=O)(=O)C(F)(F)C(F)(F)C(F)(F)C(F)(F)F)(c2c(OC)cc(OC)cc2OC)c2c(OC)cc(OC)cc2OC)c(OC)c1. The second-order valence-electron chi connectivity index (χ2n) is 10.3. The molecule has 0 heterocycles. The van der Waals surface area contributed by atoms with Crippen molar-refractivity contribution in [1.29, 1.82) is 0 Å². The molecule has 3 aromatic rings. The van der Waals surface area contributed by atoms with Gasteiger partial charge in [0.1, 0.15) is 66.4 Å². The van der Waals surface area contributed by atoms with Crippen LogP contribution in [0.4, 0.5) is 39.5 Å². The number of benzene rings is 3. The predicted molar refractivity (Wildman–Crippen MR) is 172 cm³/mol. The van der Waals surface area contributed by atoms with Crippen molar-refractivity contribution >= 4 is 20.4 Å². The summed E-state index contributed by atoms with van der Waals surface area (Å²) in [4.78, 5) is -2.41. The Bertz CT molecular complexity index is 1710. The van der Waals surface area contributed by atoms with Gasteiger partial charge in [0.2, 0.25) is 0 Å². The van der Waals surface area contributed by atoms with E-state index in [1.165, 1.54) is 0 Å². The Morgan fingerprint density at radius 1 is 0.407 bits per heavy atom. The Balaban J connectivity index is 2.93. The lowest BCUT2D eigenvalue weighted by atomic mass is 10.1. The minimum absolute atomic E-state index is 0.118. The monoisotopic (exact) mass is 832 g/mol. The molecule has 0 aliphatic carbocycles. The van der Waals surface area contributed by atoms with Crippen molar-refractivity contribution in [3.63, 3.8) is 0 Å². The first-order valence-corrected chi connectivity index (χ1v) is 17.4. The molecule has 54 heavy (non-hydrogen) atoms. The first-order valence-electron chi connectivity index (χ1n) is 14.4. The van der Waals surface area contributed by atoms with Crippen LogP contribution in [0.1, 0.15) is 0 Å². The molecule has 0 unspecified atom stereocenters. The number of ether oxygens (including phenoxy) is 9.